The van der Waals surface area contributed by atoms with Gasteiger partial charge >= 0.3 is 0 Å². The lowest BCUT2D eigenvalue weighted by atomic mass is 9.97. The largest absolute Gasteiger partial charge is 0.384 e. The maximum atomic E-state index is 5.26. The molecular weight excluding hydrogens is 248 g/mol. The van der Waals surface area contributed by atoms with Crippen LogP contribution in [-0.2, 0) is 4.74 Å². The standard InChI is InChI=1S/C17H28N2O/c1-18-17(16-6-4-3-5-7-16)10-13-19-11-8-15(9-12-19)14-20-2/h3-7,15,17-18H,8-14H2,1-2H3. The molecule has 0 aromatic heterocycles. The van der Waals surface area contributed by atoms with Gasteiger partial charge in [-0.05, 0) is 57.4 Å². The van der Waals surface area contributed by atoms with Crippen LogP contribution in [0.25, 0.3) is 0 Å². The highest BCUT2D eigenvalue weighted by molar-refractivity contribution is 5.18. The van der Waals surface area contributed by atoms with Gasteiger partial charge in [-0.1, -0.05) is 30.3 Å². The minimum absolute atomic E-state index is 0.466. The predicted octanol–water partition coefficient (Wildman–Crippen LogP) is 2.70. The molecule has 0 bridgehead atoms. The van der Waals surface area contributed by atoms with Crippen molar-refractivity contribution in [3.63, 3.8) is 0 Å². The van der Waals surface area contributed by atoms with Crippen molar-refractivity contribution in [2.24, 2.45) is 5.92 Å². The third kappa shape index (κ3) is 4.58. The molecule has 1 saturated heterocycles. The lowest BCUT2D eigenvalue weighted by molar-refractivity contribution is 0.0979. The van der Waals surface area contributed by atoms with Crippen molar-refractivity contribution < 1.29 is 4.74 Å². The Labute approximate surface area is 123 Å². The summed E-state index contributed by atoms with van der Waals surface area (Å²) in [4.78, 5) is 2.60. The van der Waals surface area contributed by atoms with E-state index in [0.29, 0.717) is 6.04 Å². The van der Waals surface area contributed by atoms with Crippen molar-refractivity contribution in [2.75, 3.05) is 40.4 Å². The van der Waals surface area contributed by atoms with Gasteiger partial charge < -0.3 is 15.0 Å². The van der Waals surface area contributed by atoms with Crippen LogP contribution in [0.5, 0.6) is 0 Å². The molecule has 1 fully saturated rings. The second kappa shape index (κ2) is 8.40. The molecule has 3 heteroatoms. The molecule has 1 aliphatic heterocycles. The Morgan fingerprint density at radius 3 is 2.55 bits per heavy atom. The Kier molecular flexibility index (Phi) is 6.51. The van der Waals surface area contributed by atoms with Crippen molar-refractivity contribution in [1.82, 2.24) is 10.2 Å². The maximum Gasteiger partial charge on any atom is 0.0491 e. The number of nitrogens with zero attached hydrogens (tertiary/aromatic N) is 1. The van der Waals surface area contributed by atoms with Gasteiger partial charge in [0.1, 0.15) is 0 Å². The molecule has 1 aromatic carbocycles. The van der Waals surface area contributed by atoms with E-state index in [4.69, 9.17) is 4.74 Å². The molecule has 1 N–H and O–H groups in total. The summed E-state index contributed by atoms with van der Waals surface area (Å²) >= 11 is 0. The van der Waals surface area contributed by atoms with Gasteiger partial charge in [-0.15, -0.1) is 0 Å². The number of likely N-dealkylation sites (tertiary alicyclic amines) is 1. The Morgan fingerprint density at radius 1 is 1.25 bits per heavy atom. The first-order valence-electron chi connectivity index (χ1n) is 7.77. The van der Waals surface area contributed by atoms with Crippen molar-refractivity contribution >= 4 is 0 Å². The second-order valence-corrected chi connectivity index (χ2v) is 5.78. The number of ether oxygens (including phenoxy) is 1. The van der Waals surface area contributed by atoms with E-state index in [0.717, 1.165) is 12.5 Å². The van der Waals surface area contributed by atoms with Crippen LogP contribution in [0.3, 0.4) is 0 Å². The van der Waals surface area contributed by atoms with Gasteiger partial charge in [0.2, 0.25) is 0 Å². The van der Waals surface area contributed by atoms with Crippen LogP contribution in [0.15, 0.2) is 30.3 Å². The van der Waals surface area contributed by atoms with E-state index in [1.165, 1.54) is 44.5 Å². The molecule has 0 amide bonds. The summed E-state index contributed by atoms with van der Waals surface area (Å²) in [7, 11) is 3.87. The highest BCUT2D eigenvalue weighted by Gasteiger charge is 2.19. The van der Waals surface area contributed by atoms with Crippen LogP contribution in [0.4, 0.5) is 0 Å². The van der Waals surface area contributed by atoms with Crippen molar-refractivity contribution in [3.8, 4) is 0 Å². The van der Waals surface area contributed by atoms with E-state index in [9.17, 15) is 0 Å². The molecule has 0 saturated carbocycles. The van der Waals surface area contributed by atoms with E-state index in [-0.39, 0.29) is 0 Å². The first-order valence-corrected chi connectivity index (χ1v) is 7.77. The zero-order valence-electron chi connectivity index (χ0n) is 12.8. The van der Waals surface area contributed by atoms with Crippen LogP contribution < -0.4 is 5.32 Å². The summed E-state index contributed by atoms with van der Waals surface area (Å²) in [5.41, 5.74) is 1.39. The molecule has 112 valence electrons. The Bertz CT molecular complexity index is 361. The number of methoxy groups -OCH3 is 1. The van der Waals surface area contributed by atoms with Crippen LogP contribution in [0, 0.1) is 5.92 Å². The average molecular weight is 276 g/mol. The summed E-state index contributed by atoms with van der Waals surface area (Å²) in [5.74, 6) is 0.769. The van der Waals surface area contributed by atoms with E-state index >= 15 is 0 Å². The first-order chi connectivity index (χ1) is 9.83. The summed E-state index contributed by atoms with van der Waals surface area (Å²) in [6.45, 7) is 4.55. The van der Waals surface area contributed by atoms with Crippen LogP contribution >= 0.6 is 0 Å². The van der Waals surface area contributed by atoms with Crippen molar-refractivity contribution in [2.45, 2.75) is 25.3 Å². The highest BCUT2D eigenvalue weighted by Crippen LogP contribution is 2.20. The fourth-order valence-corrected chi connectivity index (χ4v) is 3.09. The van der Waals surface area contributed by atoms with Crippen LogP contribution in [0.2, 0.25) is 0 Å². The quantitative estimate of drug-likeness (QED) is 0.828. The molecule has 0 radical (unpaired) electrons. The smallest absolute Gasteiger partial charge is 0.0491 e. The highest BCUT2D eigenvalue weighted by atomic mass is 16.5. The minimum atomic E-state index is 0.466. The van der Waals surface area contributed by atoms with Gasteiger partial charge in [0.15, 0.2) is 0 Å². The molecule has 1 aromatic rings. The summed E-state index contributed by atoms with van der Waals surface area (Å²) in [5, 5.41) is 3.44. The van der Waals surface area contributed by atoms with Crippen LogP contribution in [0.1, 0.15) is 30.9 Å². The van der Waals surface area contributed by atoms with E-state index < -0.39 is 0 Å². The first kappa shape index (κ1) is 15.5. The number of rotatable bonds is 7. The second-order valence-electron chi connectivity index (χ2n) is 5.78. The molecule has 1 atom stereocenters. The van der Waals surface area contributed by atoms with Gasteiger partial charge in [0, 0.05) is 19.8 Å². The minimum Gasteiger partial charge on any atom is -0.384 e. The Morgan fingerprint density at radius 2 is 1.95 bits per heavy atom. The zero-order chi connectivity index (χ0) is 14.2. The molecule has 1 heterocycles. The molecule has 0 spiro atoms. The van der Waals surface area contributed by atoms with E-state index in [2.05, 4.69) is 47.6 Å². The zero-order valence-corrected chi connectivity index (χ0v) is 12.8. The van der Waals surface area contributed by atoms with Gasteiger partial charge in [-0.3, -0.25) is 0 Å². The molecular formula is C17H28N2O. The molecule has 0 aliphatic carbocycles. The number of piperidine rings is 1. The van der Waals surface area contributed by atoms with Gasteiger partial charge in [0.25, 0.3) is 0 Å². The number of hydrogen-bond acceptors (Lipinski definition) is 3. The van der Waals surface area contributed by atoms with Gasteiger partial charge in [-0.25, -0.2) is 0 Å². The predicted molar refractivity (Wildman–Crippen MR) is 83.9 cm³/mol. The number of nitrogens with one attached hydrogen (secondary N) is 1. The third-order valence-corrected chi connectivity index (χ3v) is 4.39. The topological polar surface area (TPSA) is 24.5 Å². The lowest BCUT2D eigenvalue weighted by Crippen LogP contribution is -2.36. The Hall–Kier alpha value is -0.900. The summed E-state index contributed by atoms with van der Waals surface area (Å²) < 4.78 is 5.26. The van der Waals surface area contributed by atoms with Gasteiger partial charge in [0.05, 0.1) is 0 Å². The van der Waals surface area contributed by atoms with Crippen molar-refractivity contribution in [1.29, 1.82) is 0 Å². The Balaban J connectivity index is 1.75. The fraction of sp³-hybridized carbons (Fsp3) is 0.647. The number of hydrogen-bond donors (Lipinski definition) is 1. The molecule has 1 unspecified atom stereocenters. The SMILES string of the molecule is CNC(CCN1CCC(COC)CC1)c1ccccc1. The van der Waals surface area contributed by atoms with Crippen molar-refractivity contribution in [3.05, 3.63) is 35.9 Å². The molecule has 3 nitrogen and oxygen atoms in total. The maximum absolute atomic E-state index is 5.26. The summed E-state index contributed by atoms with van der Waals surface area (Å²) in [6, 6.07) is 11.2. The van der Waals surface area contributed by atoms with Crippen LogP contribution in [-0.4, -0.2) is 45.3 Å². The monoisotopic (exact) mass is 276 g/mol. The fourth-order valence-electron chi connectivity index (χ4n) is 3.09. The summed E-state index contributed by atoms with van der Waals surface area (Å²) in [6.07, 6.45) is 3.74. The molecule has 2 rings (SSSR count). The molecule has 20 heavy (non-hydrogen) atoms. The third-order valence-electron chi connectivity index (χ3n) is 4.39. The normalized spacial score (nSPS) is 19.1. The number of benzene rings is 1. The lowest BCUT2D eigenvalue weighted by Gasteiger charge is -2.32. The average Bonchev–Trinajstić information content (AvgIpc) is 2.51. The molecule has 1 aliphatic rings. The van der Waals surface area contributed by atoms with E-state index in [1.807, 2.05) is 7.11 Å². The van der Waals surface area contributed by atoms with E-state index in [1.54, 1.807) is 0 Å². The van der Waals surface area contributed by atoms with Gasteiger partial charge in [-0.2, -0.15) is 0 Å².